The Bertz CT molecular complexity index is 724. The van der Waals surface area contributed by atoms with E-state index in [0.29, 0.717) is 11.2 Å². The maximum Gasteiger partial charge on any atom is 0.236 e. The number of carbonyl (C=O) groups excluding carboxylic acids is 1. The van der Waals surface area contributed by atoms with Gasteiger partial charge < -0.3 is 4.90 Å². The standard InChI is InChI=1S/C19H27N5OS/c1-4-23(16-8-6-5-7-9-16)18(25)15(3)26-19-20-21-22-24(19)17-12-10-14(2)11-13-17/h10-13,15-16H,4-9H2,1-3H3/t15-/m0/s1. The van der Waals surface area contributed by atoms with Crippen molar-refractivity contribution in [1.82, 2.24) is 25.1 Å². The molecular weight excluding hydrogens is 346 g/mol. The minimum Gasteiger partial charge on any atom is -0.339 e. The number of thioether (sulfide) groups is 1. The van der Waals surface area contributed by atoms with Crippen molar-refractivity contribution >= 4 is 17.7 Å². The Morgan fingerprint density at radius 1 is 1.27 bits per heavy atom. The zero-order chi connectivity index (χ0) is 18.5. The lowest BCUT2D eigenvalue weighted by Gasteiger charge is -2.35. The van der Waals surface area contributed by atoms with Crippen LogP contribution < -0.4 is 0 Å². The fourth-order valence-corrected chi connectivity index (χ4v) is 4.41. The highest BCUT2D eigenvalue weighted by atomic mass is 32.2. The van der Waals surface area contributed by atoms with Crippen LogP contribution in [0.15, 0.2) is 29.4 Å². The number of carbonyl (C=O) groups is 1. The second-order valence-corrected chi connectivity index (χ2v) is 8.19. The van der Waals surface area contributed by atoms with E-state index in [1.165, 1.54) is 36.6 Å². The summed E-state index contributed by atoms with van der Waals surface area (Å²) in [5, 5.41) is 12.5. The Balaban J connectivity index is 1.71. The van der Waals surface area contributed by atoms with Crippen LogP contribution in [0.1, 0.15) is 51.5 Å². The van der Waals surface area contributed by atoms with Crippen molar-refractivity contribution in [3.05, 3.63) is 29.8 Å². The van der Waals surface area contributed by atoms with Gasteiger partial charge in [0.25, 0.3) is 0 Å². The minimum atomic E-state index is -0.216. The SMILES string of the molecule is CCN(C(=O)[C@H](C)Sc1nnnn1-c1ccc(C)cc1)C1CCCCC1. The summed E-state index contributed by atoms with van der Waals surface area (Å²) < 4.78 is 1.70. The molecular formula is C19H27N5OS. The van der Waals surface area contributed by atoms with Gasteiger partial charge in [-0.05, 0) is 56.2 Å². The zero-order valence-electron chi connectivity index (χ0n) is 15.8. The fraction of sp³-hybridized carbons (Fsp3) is 0.579. The van der Waals surface area contributed by atoms with Crippen LogP contribution in [-0.4, -0.2) is 48.9 Å². The molecule has 0 radical (unpaired) electrons. The lowest BCUT2D eigenvalue weighted by molar-refractivity contribution is -0.133. The molecule has 1 heterocycles. The number of hydrogen-bond donors (Lipinski definition) is 0. The molecule has 0 unspecified atom stereocenters. The van der Waals surface area contributed by atoms with E-state index >= 15 is 0 Å². The molecule has 1 atom stereocenters. The monoisotopic (exact) mass is 373 g/mol. The molecule has 1 aliphatic rings. The summed E-state index contributed by atoms with van der Waals surface area (Å²) in [4.78, 5) is 15.1. The van der Waals surface area contributed by atoms with Crippen LogP contribution in [-0.2, 0) is 4.79 Å². The van der Waals surface area contributed by atoms with E-state index in [2.05, 4.69) is 27.3 Å². The van der Waals surface area contributed by atoms with Gasteiger partial charge in [-0.25, -0.2) is 0 Å². The topological polar surface area (TPSA) is 63.9 Å². The van der Waals surface area contributed by atoms with E-state index in [9.17, 15) is 4.79 Å². The normalized spacial score (nSPS) is 16.4. The lowest BCUT2D eigenvalue weighted by Crippen LogP contribution is -2.44. The van der Waals surface area contributed by atoms with E-state index in [4.69, 9.17) is 0 Å². The van der Waals surface area contributed by atoms with Crippen molar-refractivity contribution in [2.24, 2.45) is 0 Å². The summed E-state index contributed by atoms with van der Waals surface area (Å²) >= 11 is 1.43. The molecule has 140 valence electrons. The van der Waals surface area contributed by atoms with E-state index in [1.54, 1.807) is 4.68 Å². The number of nitrogens with zero attached hydrogens (tertiary/aromatic N) is 5. The number of benzene rings is 1. The Morgan fingerprint density at radius 3 is 2.62 bits per heavy atom. The van der Waals surface area contributed by atoms with Crippen LogP contribution in [0.2, 0.25) is 0 Å². The number of aromatic nitrogens is 4. The van der Waals surface area contributed by atoms with Crippen molar-refractivity contribution in [1.29, 1.82) is 0 Å². The number of rotatable bonds is 6. The van der Waals surface area contributed by atoms with Crippen LogP contribution in [0.4, 0.5) is 0 Å². The van der Waals surface area contributed by atoms with Gasteiger partial charge in [0.1, 0.15) is 0 Å². The van der Waals surface area contributed by atoms with Crippen LogP contribution in [0.3, 0.4) is 0 Å². The average Bonchev–Trinajstić information content (AvgIpc) is 3.12. The number of hydrogen-bond acceptors (Lipinski definition) is 5. The molecule has 0 spiro atoms. The largest absolute Gasteiger partial charge is 0.339 e. The first-order valence-electron chi connectivity index (χ1n) is 9.42. The van der Waals surface area contributed by atoms with Crippen molar-refractivity contribution in [3.8, 4) is 5.69 Å². The molecule has 0 N–H and O–H groups in total. The predicted octanol–water partition coefficient (Wildman–Crippen LogP) is 3.63. The van der Waals surface area contributed by atoms with Crippen molar-refractivity contribution < 1.29 is 4.79 Å². The lowest BCUT2D eigenvalue weighted by atomic mass is 9.94. The van der Waals surface area contributed by atoms with Gasteiger partial charge in [-0.1, -0.05) is 48.7 Å². The van der Waals surface area contributed by atoms with Gasteiger partial charge >= 0.3 is 0 Å². The maximum absolute atomic E-state index is 13.0. The minimum absolute atomic E-state index is 0.183. The zero-order valence-corrected chi connectivity index (χ0v) is 16.6. The van der Waals surface area contributed by atoms with Crippen LogP contribution in [0.5, 0.6) is 0 Å². The van der Waals surface area contributed by atoms with Gasteiger partial charge in [-0.2, -0.15) is 4.68 Å². The molecule has 26 heavy (non-hydrogen) atoms. The smallest absolute Gasteiger partial charge is 0.236 e. The van der Waals surface area contributed by atoms with E-state index in [0.717, 1.165) is 25.1 Å². The Morgan fingerprint density at radius 2 is 1.96 bits per heavy atom. The molecule has 7 heteroatoms. The Hall–Kier alpha value is -1.89. The molecule has 1 aliphatic carbocycles. The second-order valence-electron chi connectivity index (χ2n) is 6.88. The van der Waals surface area contributed by atoms with Crippen LogP contribution >= 0.6 is 11.8 Å². The highest BCUT2D eigenvalue weighted by molar-refractivity contribution is 8.00. The molecule has 2 aromatic rings. The third-order valence-corrected chi connectivity index (χ3v) is 6.01. The maximum atomic E-state index is 13.0. The van der Waals surface area contributed by atoms with Gasteiger partial charge in [0.2, 0.25) is 11.1 Å². The molecule has 0 aliphatic heterocycles. The summed E-state index contributed by atoms with van der Waals surface area (Å²) in [6.45, 7) is 6.83. The Labute approximate surface area is 159 Å². The van der Waals surface area contributed by atoms with Crippen molar-refractivity contribution in [2.45, 2.75) is 69.3 Å². The number of tetrazole rings is 1. The predicted molar refractivity (Wildman–Crippen MR) is 103 cm³/mol. The Kier molecular flexibility index (Phi) is 6.29. The molecule has 1 saturated carbocycles. The summed E-state index contributed by atoms with van der Waals surface area (Å²) in [7, 11) is 0. The molecule has 3 rings (SSSR count). The molecule has 1 fully saturated rings. The average molecular weight is 374 g/mol. The second kappa shape index (κ2) is 8.66. The van der Waals surface area contributed by atoms with Gasteiger partial charge in [-0.3, -0.25) is 4.79 Å². The molecule has 1 amide bonds. The highest BCUT2D eigenvalue weighted by Gasteiger charge is 2.29. The molecule has 0 bridgehead atoms. The van der Waals surface area contributed by atoms with Crippen molar-refractivity contribution in [2.75, 3.05) is 6.54 Å². The van der Waals surface area contributed by atoms with E-state index < -0.39 is 0 Å². The summed E-state index contributed by atoms with van der Waals surface area (Å²) in [5.74, 6) is 0.183. The van der Waals surface area contributed by atoms with Gasteiger partial charge in [0, 0.05) is 12.6 Å². The van der Waals surface area contributed by atoms with E-state index in [1.807, 2.05) is 38.1 Å². The number of amides is 1. The quantitative estimate of drug-likeness (QED) is 0.724. The summed E-state index contributed by atoms with van der Waals surface area (Å²) in [6, 6.07) is 8.42. The van der Waals surface area contributed by atoms with Crippen LogP contribution in [0, 0.1) is 6.92 Å². The molecule has 0 saturated heterocycles. The number of aryl methyl sites for hydroxylation is 1. The summed E-state index contributed by atoms with van der Waals surface area (Å²) in [5.41, 5.74) is 2.09. The van der Waals surface area contributed by atoms with Crippen LogP contribution in [0.25, 0.3) is 5.69 Å². The molecule has 6 nitrogen and oxygen atoms in total. The fourth-order valence-electron chi connectivity index (χ4n) is 3.53. The highest BCUT2D eigenvalue weighted by Crippen LogP contribution is 2.28. The first-order chi connectivity index (χ1) is 12.6. The third-order valence-electron chi connectivity index (χ3n) is 4.99. The van der Waals surface area contributed by atoms with Crippen molar-refractivity contribution in [3.63, 3.8) is 0 Å². The van der Waals surface area contributed by atoms with E-state index in [-0.39, 0.29) is 11.2 Å². The first-order valence-corrected chi connectivity index (χ1v) is 10.3. The van der Waals surface area contributed by atoms with Gasteiger partial charge in [0.05, 0.1) is 10.9 Å². The molecule has 1 aromatic carbocycles. The summed E-state index contributed by atoms with van der Waals surface area (Å²) in [6.07, 6.45) is 5.98. The first kappa shape index (κ1) is 18.9. The third kappa shape index (κ3) is 4.26. The van der Waals surface area contributed by atoms with Gasteiger partial charge in [0.15, 0.2) is 0 Å². The van der Waals surface area contributed by atoms with Gasteiger partial charge in [-0.15, -0.1) is 5.10 Å². The molecule has 1 aromatic heterocycles.